The second kappa shape index (κ2) is 7.34. The van der Waals surface area contributed by atoms with Crippen LogP contribution in [0.15, 0.2) is 24.5 Å². The van der Waals surface area contributed by atoms with Crippen molar-refractivity contribution in [3.63, 3.8) is 0 Å². The first kappa shape index (κ1) is 13.3. The Morgan fingerprint density at radius 3 is 2.72 bits per heavy atom. The fourth-order valence-electron chi connectivity index (χ4n) is 2.42. The predicted octanol–water partition coefficient (Wildman–Crippen LogP) is 1.68. The van der Waals surface area contributed by atoms with Gasteiger partial charge in [0.25, 0.3) is 0 Å². The zero-order valence-corrected chi connectivity index (χ0v) is 11.1. The molecule has 1 saturated heterocycles. The highest BCUT2D eigenvalue weighted by Gasteiger charge is 2.18. The molecule has 4 nitrogen and oxygen atoms in total. The average Bonchev–Trinajstić information content (AvgIpc) is 2.45. The highest BCUT2D eigenvalue weighted by molar-refractivity contribution is 5.44. The predicted molar refractivity (Wildman–Crippen MR) is 74.0 cm³/mol. The summed E-state index contributed by atoms with van der Waals surface area (Å²) in [5, 5.41) is 3.61. The van der Waals surface area contributed by atoms with E-state index in [4.69, 9.17) is 4.74 Å². The molecule has 0 aliphatic carbocycles. The lowest BCUT2D eigenvalue weighted by molar-refractivity contribution is 0.192. The van der Waals surface area contributed by atoms with Crippen LogP contribution in [0, 0.1) is 0 Å². The van der Waals surface area contributed by atoms with Gasteiger partial charge in [-0.05, 0) is 37.9 Å². The first-order valence-electron chi connectivity index (χ1n) is 6.77. The fraction of sp³-hybridized carbons (Fsp3) is 0.643. The molecule has 0 bridgehead atoms. The minimum absolute atomic E-state index is 0.667. The lowest BCUT2D eigenvalue weighted by atomic mass is 10.0. The fourth-order valence-corrected chi connectivity index (χ4v) is 2.42. The van der Waals surface area contributed by atoms with Crippen molar-refractivity contribution in [3.8, 4) is 0 Å². The van der Waals surface area contributed by atoms with Gasteiger partial charge in [0.05, 0.1) is 0 Å². The van der Waals surface area contributed by atoms with Crippen molar-refractivity contribution in [3.05, 3.63) is 24.5 Å². The summed E-state index contributed by atoms with van der Waals surface area (Å²) in [4.78, 5) is 6.50. The lowest BCUT2D eigenvalue weighted by Crippen LogP contribution is -2.43. The Hall–Kier alpha value is -1.13. The maximum Gasteiger partial charge on any atom is 0.0474 e. The number of rotatable bonds is 6. The van der Waals surface area contributed by atoms with Crippen molar-refractivity contribution in [1.29, 1.82) is 0 Å². The number of piperidine rings is 1. The molecule has 0 unspecified atom stereocenters. The van der Waals surface area contributed by atoms with Crippen molar-refractivity contribution in [2.75, 3.05) is 38.3 Å². The van der Waals surface area contributed by atoms with Crippen molar-refractivity contribution < 1.29 is 4.74 Å². The maximum atomic E-state index is 5.05. The number of nitrogens with zero attached hydrogens (tertiary/aromatic N) is 2. The van der Waals surface area contributed by atoms with E-state index >= 15 is 0 Å². The van der Waals surface area contributed by atoms with E-state index in [-0.39, 0.29) is 0 Å². The highest BCUT2D eigenvalue weighted by atomic mass is 16.5. The van der Waals surface area contributed by atoms with Gasteiger partial charge in [-0.3, -0.25) is 4.98 Å². The van der Waals surface area contributed by atoms with Crippen molar-refractivity contribution in [2.24, 2.45) is 0 Å². The van der Waals surface area contributed by atoms with Gasteiger partial charge in [-0.15, -0.1) is 0 Å². The SMILES string of the molecule is COCCCNC1CCN(c2ccncc2)CC1. The quantitative estimate of drug-likeness (QED) is 0.778. The minimum Gasteiger partial charge on any atom is -0.385 e. The molecule has 1 aliphatic rings. The smallest absolute Gasteiger partial charge is 0.0474 e. The van der Waals surface area contributed by atoms with Crippen LogP contribution >= 0.6 is 0 Å². The molecule has 1 fully saturated rings. The standard InChI is InChI=1S/C14H23N3O/c1-18-12-2-7-16-13-5-10-17(11-6-13)14-3-8-15-9-4-14/h3-4,8-9,13,16H,2,5-7,10-12H2,1H3. The third kappa shape index (κ3) is 3.96. The van der Waals surface area contributed by atoms with Crippen LogP contribution in [0.1, 0.15) is 19.3 Å². The van der Waals surface area contributed by atoms with E-state index in [1.165, 1.54) is 18.5 Å². The van der Waals surface area contributed by atoms with E-state index in [2.05, 4.69) is 27.3 Å². The van der Waals surface area contributed by atoms with Crippen molar-refractivity contribution >= 4 is 5.69 Å². The van der Waals surface area contributed by atoms with E-state index in [1.54, 1.807) is 7.11 Å². The van der Waals surface area contributed by atoms with Gasteiger partial charge in [0.2, 0.25) is 0 Å². The molecular weight excluding hydrogens is 226 g/mol. The topological polar surface area (TPSA) is 37.4 Å². The molecule has 0 amide bonds. The molecule has 2 heterocycles. The van der Waals surface area contributed by atoms with Crippen LogP contribution < -0.4 is 10.2 Å². The number of methoxy groups -OCH3 is 1. The summed E-state index contributed by atoms with van der Waals surface area (Å²) in [6.07, 6.45) is 7.26. The Bertz CT molecular complexity index is 323. The van der Waals surface area contributed by atoms with Crippen molar-refractivity contribution in [2.45, 2.75) is 25.3 Å². The van der Waals surface area contributed by atoms with Gasteiger partial charge in [0.1, 0.15) is 0 Å². The highest BCUT2D eigenvalue weighted by Crippen LogP contribution is 2.18. The summed E-state index contributed by atoms with van der Waals surface area (Å²) in [7, 11) is 1.76. The number of ether oxygens (including phenoxy) is 1. The monoisotopic (exact) mass is 249 g/mol. The Balaban J connectivity index is 1.68. The van der Waals surface area contributed by atoms with E-state index < -0.39 is 0 Å². The molecule has 1 aliphatic heterocycles. The molecular formula is C14H23N3O. The van der Waals surface area contributed by atoms with E-state index in [0.717, 1.165) is 32.7 Å². The summed E-state index contributed by atoms with van der Waals surface area (Å²) in [6, 6.07) is 4.85. The molecule has 1 aromatic heterocycles. The molecule has 1 aromatic rings. The molecule has 18 heavy (non-hydrogen) atoms. The molecule has 0 radical (unpaired) electrons. The summed E-state index contributed by atoms with van der Waals surface area (Å²) in [6.45, 7) is 4.18. The molecule has 4 heteroatoms. The first-order chi connectivity index (χ1) is 8.90. The normalized spacial score (nSPS) is 17.1. The summed E-state index contributed by atoms with van der Waals surface area (Å²) in [5.74, 6) is 0. The number of hydrogen-bond acceptors (Lipinski definition) is 4. The lowest BCUT2D eigenvalue weighted by Gasteiger charge is -2.34. The van der Waals surface area contributed by atoms with Gasteiger partial charge in [-0.2, -0.15) is 0 Å². The third-order valence-corrected chi connectivity index (χ3v) is 3.48. The second-order valence-corrected chi connectivity index (χ2v) is 4.77. The maximum absolute atomic E-state index is 5.05. The van der Waals surface area contributed by atoms with Crippen molar-refractivity contribution in [1.82, 2.24) is 10.3 Å². The van der Waals surface area contributed by atoms with Crippen LogP contribution in [-0.4, -0.2) is 44.4 Å². The van der Waals surface area contributed by atoms with Gasteiger partial charge < -0.3 is 15.0 Å². The Morgan fingerprint density at radius 2 is 2.06 bits per heavy atom. The summed E-state index contributed by atoms with van der Waals surface area (Å²) < 4.78 is 5.05. The third-order valence-electron chi connectivity index (χ3n) is 3.48. The van der Waals surface area contributed by atoms with Crippen LogP contribution in [-0.2, 0) is 4.74 Å². The molecule has 0 spiro atoms. The number of nitrogens with one attached hydrogen (secondary N) is 1. The first-order valence-corrected chi connectivity index (χ1v) is 6.77. The van der Waals surface area contributed by atoms with Crippen LogP contribution in [0.4, 0.5) is 5.69 Å². The second-order valence-electron chi connectivity index (χ2n) is 4.77. The van der Waals surface area contributed by atoms with Crippen LogP contribution in [0.5, 0.6) is 0 Å². The van der Waals surface area contributed by atoms with E-state index in [0.29, 0.717) is 6.04 Å². The van der Waals surface area contributed by atoms with Crippen LogP contribution in [0.3, 0.4) is 0 Å². The number of hydrogen-bond donors (Lipinski definition) is 1. The van der Waals surface area contributed by atoms with E-state index in [9.17, 15) is 0 Å². The summed E-state index contributed by atoms with van der Waals surface area (Å²) in [5.41, 5.74) is 1.29. The molecule has 1 N–H and O–H groups in total. The van der Waals surface area contributed by atoms with E-state index in [1.807, 2.05) is 12.4 Å². The molecule has 0 saturated carbocycles. The van der Waals surface area contributed by atoms with Gasteiger partial charge in [0, 0.05) is 50.9 Å². The summed E-state index contributed by atoms with van der Waals surface area (Å²) >= 11 is 0. The average molecular weight is 249 g/mol. The van der Waals surface area contributed by atoms with Crippen LogP contribution in [0.25, 0.3) is 0 Å². The van der Waals surface area contributed by atoms with Gasteiger partial charge in [-0.25, -0.2) is 0 Å². The zero-order chi connectivity index (χ0) is 12.6. The zero-order valence-electron chi connectivity index (χ0n) is 11.1. The number of aromatic nitrogens is 1. The van der Waals surface area contributed by atoms with Crippen LogP contribution in [0.2, 0.25) is 0 Å². The minimum atomic E-state index is 0.667. The molecule has 0 atom stereocenters. The Morgan fingerprint density at radius 1 is 1.33 bits per heavy atom. The number of anilines is 1. The number of pyridine rings is 1. The molecule has 2 rings (SSSR count). The Labute approximate surface area is 109 Å². The largest absolute Gasteiger partial charge is 0.385 e. The van der Waals surface area contributed by atoms with Gasteiger partial charge >= 0.3 is 0 Å². The molecule has 0 aromatic carbocycles. The van der Waals surface area contributed by atoms with Gasteiger partial charge in [0.15, 0.2) is 0 Å². The van der Waals surface area contributed by atoms with Gasteiger partial charge in [-0.1, -0.05) is 0 Å². The Kier molecular flexibility index (Phi) is 5.42. The molecule has 100 valence electrons.